The van der Waals surface area contributed by atoms with Crippen LogP contribution in [-0.2, 0) is 21.7 Å². The largest absolute Gasteiger partial charge is 0.270 e. The van der Waals surface area contributed by atoms with Crippen molar-refractivity contribution in [2.24, 2.45) is 4.74 Å². The van der Waals surface area contributed by atoms with E-state index in [2.05, 4.69) is 129 Å². The summed E-state index contributed by atoms with van der Waals surface area (Å²) in [5.74, 6) is 0. The van der Waals surface area contributed by atoms with Gasteiger partial charge in [0.25, 0.3) is 0 Å². The molecule has 0 N–H and O–H groups in total. The van der Waals surface area contributed by atoms with E-state index in [9.17, 15) is 0 Å². The molecule has 0 saturated carbocycles. The second-order valence-electron chi connectivity index (χ2n) is 12.1. The number of benzene rings is 2. The van der Waals surface area contributed by atoms with Gasteiger partial charge in [-0.2, -0.15) is 0 Å². The fourth-order valence-corrected chi connectivity index (χ4v) is 13.1. The number of allylic oxidation sites excluding steroid dienone is 5. The molecule has 2 aromatic rings. The molecule has 1 nitrogen and oxygen atoms in total. The zero-order chi connectivity index (χ0) is 26.2. The van der Waals surface area contributed by atoms with Crippen LogP contribution in [0.4, 0.5) is 0 Å². The third-order valence-electron chi connectivity index (χ3n) is 6.23. The Kier molecular flexibility index (Phi) is 12.4. The monoisotopic (exact) mass is 535 g/mol. The van der Waals surface area contributed by atoms with Crippen LogP contribution in [0.5, 0.6) is 0 Å². The van der Waals surface area contributed by atoms with E-state index in [0.29, 0.717) is 0 Å². The third-order valence-corrected chi connectivity index (χ3v) is 12.6. The molecule has 1 aliphatic rings. The van der Waals surface area contributed by atoms with Crippen LogP contribution in [-0.4, -0.2) is 15.5 Å². The Labute approximate surface area is 236 Å². The number of nitrogens with zero attached hydrogens (tertiary/aromatic N) is 1. The Hall–Kier alpha value is -1.66. The Morgan fingerprint density at radius 3 is 1.33 bits per heavy atom. The molecule has 36 heavy (non-hydrogen) atoms. The number of hydrogen-bond acceptors (Lipinski definition) is 1. The van der Waals surface area contributed by atoms with Gasteiger partial charge >= 0.3 is 0 Å². The van der Waals surface area contributed by atoms with Crippen LogP contribution in [0.1, 0.15) is 79.9 Å². The molecule has 0 heterocycles. The molecule has 0 saturated heterocycles. The van der Waals surface area contributed by atoms with Gasteiger partial charge in [-0.1, -0.05) is 159 Å². The summed E-state index contributed by atoms with van der Waals surface area (Å²) in [4.78, 5) is 0. The van der Waals surface area contributed by atoms with Crippen LogP contribution in [0.2, 0.25) is 0 Å². The Morgan fingerprint density at radius 2 is 1.03 bits per heavy atom. The van der Waals surface area contributed by atoms with Gasteiger partial charge in [-0.15, -0.1) is 0 Å². The van der Waals surface area contributed by atoms with Crippen LogP contribution in [0.15, 0.2) is 101 Å². The van der Waals surface area contributed by atoms with Crippen molar-refractivity contribution in [3.8, 4) is 0 Å². The first-order valence-electron chi connectivity index (χ1n) is 12.7. The van der Waals surface area contributed by atoms with Crippen LogP contribution in [0.3, 0.4) is 0 Å². The fourth-order valence-electron chi connectivity index (χ4n) is 5.63. The van der Waals surface area contributed by atoms with Gasteiger partial charge in [-0.05, 0) is 39.7 Å². The molecule has 0 aliphatic heterocycles. The average Bonchev–Trinajstić information content (AvgIpc) is 3.28. The van der Waals surface area contributed by atoms with E-state index in [1.807, 2.05) is 36.4 Å². The second kappa shape index (κ2) is 13.8. The van der Waals surface area contributed by atoms with Crippen molar-refractivity contribution in [2.45, 2.75) is 84.2 Å². The van der Waals surface area contributed by atoms with Gasteiger partial charge in [0.15, 0.2) is 0 Å². The molecule has 0 unspecified atom stereocenters. The normalized spacial score (nSPS) is 14.3. The zero-order valence-corrected chi connectivity index (χ0v) is 26.4. The van der Waals surface area contributed by atoms with Gasteiger partial charge in [0, 0.05) is 33.8 Å². The van der Waals surface area contributed by atoms with E-state index < -0.39 is 7.05 Å². The zero-order valence-electron chi connectivity index (χ0n) is 23.9. The summed E-state index contributed by atoms with van der Waals surface area (Å²) in [7, 11) is -1.58. The van der Waals surface area contributed by atoms with E-state index in [4.69, 9.17) is 4.74 Å². The molecule has 0 amide bonds. The van der Waals surface area contributed by atoms with Gasteiger partial charge in [0.2, 0.25) is 0 Å². The molecular weight excluding hydrogens is 489 g/mol. The van der Waals surface area contributed by atoms with Crippen molar-refractivity contribution in [3.05, 3.63) is 108 Å². The molecule has 0 aromatic heterocycles. The molecular formula is C33H46NPTi. The summed E-state index contributed by atoms with van der Waals surface area (Å²) in [5, 5.41) is 0.646. The molecule has 0 atom stereocenters. The maximum absolute atomic E-state index is 5.43. The van der Waals surface area contributed by atoms with E-state index >= 15 is 0 Å². The van der Waals surface area contributed by atoms with E-state index in [1.165, 1.54) is 16.8 Å². The first kappa shape index (κ1) is 32.4. The van der Waals surface area contributed by atoms with Gasteiger partial charge in [0.1, 0.15) is 0 Å². The van der Waals surface area contributed by atoms with E-state index in [0.717, 1.165) is 6.42 Å². The smallest absolute Gasteiger partial charge is 0.0425 e. The third kappa shape index (κ3) is 8.73. The summed E-state index contributed by atoms with van der Waals surface area (Å²) in [6, 6.07) is 20.6. The Balaban J connectivity index is 0.000000354. The fraction of sp³-hybridized carbons (Fsp3) is 0.394. The predicted molar refractivity (Wildman–Crippen MR) is 161 cm³/mol. The van der Waals surface area contributed by atoms with Gasteiger partial charge < -0.3 is 0 Å². The summed E-state index contributed by atoms with van der Waals surface area (Å²) in [6.07, 6.45) is 15.9. The number of hydrogen-bond donors (Lipinski definition) is 0. The second-order valence-corrected chi connectivity index (χ2v) is 17.6. The Bertz CT molecular complexity index is 1010. The minimum atomic E-state index is -1.58. The molecule has 3 rings (SSSR count). The molecule has 0 fully saturated rings. The van der Waals surface area contributed by atoms with Crippen LogP contribution < -0.4 is 0 Å². The maximum Gasteiger partial charge on any atom is 0.0425 e. The standard InChI is InChI=1S/C17H32NP.C16H14.Ti/c1-15(2,3)19(16(4,5)6,17(7,8)9)18-14-12-10-11-13-14;1-3-9-15(10-4-1)13-7-8-14-16-11-5-2-6-12-16;/h10-12H,13H2,1-9H3;1-14H;. The first-order chi connectivity index (χ1) is 16.3. The molecule has 0 spiro atoms. The maximum atomic E-state index is 5.43. The molecule has 1 aliphatic carbocycles. The van der Waals surface area contributed by atoms with Crippen molar-refractivity contribution in [2.75, 3.05) is 0 Å². The van der Waals surface area contributed by atoms with Gasteiger partial charge in [-0.25, -0.2) is 0 Å². The summed E-state index contributed by atoms with van der Waals surface area (Å²) in [5.41, 5.74) is 3.72. The van der Waals surface area contributed by atoms with Gasteiger partial charge in [-0.3, -0.25) is 4.74 Å². The molecule has 192 valence electrons. The van der Waals surface area contributed by atoms with Gasteiger partial charge in [0.05, 0.1) is 0 Å². The first-order valence-corrected chi connectivity index (χ1v) is 14.5. The number of rotatable bonds is 4. The van der Waals surface area contributed by atoms with Crippen molar-refractivity contribution in [3.63, 3.8) is 0 Å². The van der Waals surface area contributed by atoms with E-state index in [-0.39, 0.29) is 37.2 Å². The summed E-state index contributed by atoms with van der Waals surface area (Å²) in [6.45, 7) is 21.4. The SMILES string of the molecule is C(C=Cc1ccccc1)=Cc1ccccc1.CC(C)(C)P(=NC1=CC=CC1)(C(C)(C)C)C(C)(C)C.[Ti]. The Morgan fingerprint density at radius 1 is 0.639 bits per heavy atom. The summed E-state index contributed by atoms with van der Waals surface area (Å²) < 4.78 is 5.43. The van der Waals surface area contributed by atoms with E-state index in [1.54, 1.807) is 0 Å². The van der Waals surface area contributed by atoms with Crippen LogP contribution in [0, 0.1) is 0 Å². The molecule has 0 radical (unpaired) electrons. The molecule has 2 aromatic carbocycles. The quantitative estimate of drug-likeness (QED) is 0.210. The summed E-state index contributed by atoms with van der Waals surface area (Å²) >= 11 is 0. The van der Waals surface area contributed by atoms with Crippen molar-refractivity contribution < 1.29 is 21.7 Å². The predicted octanol–water partition coefficient (Wildman–Crippen LogP) is 10.8. The minimum Gasteiger partial charge on any atom is -0.270 e. The van der Waals surface area contributed by atoms with Crippen molar-refractivity contribution >= 4 is 19.2 Å². The van der Waals surface area contributed by atoms with Crippen LogP contribution >= 0.6 is 7.05 Å². The average molecular weight is 536 g/mol. The molecule has 0 bridgehead atoms. The molecule has 3 heteroatoms. The van der Waals surface area contributed by atoms with Crippen molar-refractivity contribution in [1.82, 2.24) is 0 Å². The van der Waals surface area contributed by atoms with Crippen molar-refractivity contribution in [1.29, 1.82) is 0 Å². The minimum absolute atomic E-state index is 0. The van der Waals surface area contributed by atoms with Crippen LogP contribution in [0.25, 0.3) is 12.2 Å². The topological polar surface area (TPSA) is 12.4 Å².